The minimum atomic E-state index is 0.267. The zero-order valence-electron chi connectivity index (χ0n) is 8.12. The Labute approximate surface area is 82.9 Å². The number of anilines is 1. The standard InChI is InChI=1S/C8H14ClN3O/c1-4-12(6(2)3)8-11-10-7(5-9)13-8/h6H,4-5H2,1-3H3. The van der Waals surface area contributed by atoms with E-state index < -0.39 is 0 Å². The predicted molar refractivity (Wildman–Crippen MR) is 52.0 cm³/mol. The van der Waals surface area contributed by atoms with Gasteiger partial charge < -0.3 is 9.32 Å². The van der Waals surface area contributed by atoms with Gasteiger partial charge in [0.2, 0.25) is 5.89 Å². The van der Waals surface area contributed by atoms with E-state index in [9.17, 15) is 0 Å². The van der Waals surface area contributed by atoms with Crippen LogP contribution in [0.15, 0.2) is 4.42 Å². The number of nitrogens with zero attached hydrogens (tertiary/aromatic N) is 3. The Morgan fingerprint density at radius 1 is 1.46 bits per heavy atom. The number of rotatable bonds is 4. The Kier molecular flexibility index (Phi) is 3.54. The van der Waals surface area contributed by atoms with Gasteiger partial charge in [-0.3, -0.25) is 0 Å². The van der Waals surface area contributed by atoms with Crippen molar-refractivity contribution in [3.8, 4) is 0 Å². The summed E-state index contributed by atoms with van der Waals surface area (Å²) in [4.78, 5) is 2.02. The monoisotopic (exact) mass is 203 g/mol. The van der Waals surface area contributed by atoms with Crippen molar-refractivity contribution in [2.24, 2.45) is 0 Å². The summed E-state index contributed by atoms with van der Waals surface area (Å²) < 4.78 is 5.32. The molecule has 0 aromatic carbocycles. The van der Waals surface area contributed by atoms with E-state index in [1.807, 2.05) is 11.8 Å². The summed E-state index contributed by atoms with van der Waals surface area (Å²) in [6.45, 7) is 7.05. The van der Waals surface area contributed by atoms with Crippen molar-refractivity contribution in [1.82, 2.24) is 10.2 Å². The van der Waals surface area contributed by atoms with Crippen molar-refractivity contribution in [3.63, 3.8) is 0 Å². The molecule has 0 amide bonds. The van der Waals surface area contributed by atoms with E-state index in [0.717, 1.165) is 6.54 Å². The second kappa shape index (κ2) is 4.46. The Morgan fingerprint density at radius 2 is 2.15 bits per heavy atom. The van der Waals surface area contributed by atoms with Crippen LogP contribution in [0.3, 0.4) is 0 Å². The highest BCUT2D eigenvalue weighted by Gasteiger charge is 2.14. The average Bonchev–Trinajstić information content (AvgIpc) is 2.53. The maximum atomic E-state index is 5.55. The molecule has 0 saturated heterocycles. The van der Waals surface area contributed by atoms with Gasteiger partial charge in [-0.2, -0.15) is 0 Å². The third kappa shape index (κ3) is 2.34. The van der Waals surface area contributed by atoms with Gasteiger partial charge >= 0.3 is 6.01 Å². The largest absolute Gasteiger partial charge is 0.407 e. The van der Waals surface area contributed by atoms with Crippen LogP contribution in [0.2, 0.25) is 0 Å². The molecule has 0 N–H and O–H groups in total. The first-order chi connectivity index (χ1) is 6.19. The molecule has 0 aliphatic rings. The Bertz CT molecular complexity index is 262. The Morgan fingerprint density at radius 3 is 2.54 bits per heavy atom. The molecule has 4 nitrogen and oxygen atoms in total. The van der Waals surface area contributed by atoms with Crippen LogP contribution < -0.4 is 4.90 Å². The van der Waals surface area contributed by atoms with Crippen LogP contribution in [0.25, 0.3) is 0 Å². The van der Waals surface area contributed by atoms with Gasteiger partial charge in [-0.1, -0.05) is 5.10 Å². The van der Waals surface area contributed by atoms with E-state index in [1.54, 1.807) is 0 Å². The zero-order chi connectivity index (χ0) is 9.84. The van der Waals surface area contributed by atoms with Crippen molar-refractivity contribution in [1.29, 1.82) is 0 Å². The van der Waals surface area contributed by atoms with Crippen molar-refractivity contribution in [2.75, 3.05) is 11.4 Å². The summed E-state index contributed by atoms with van der Waals surface area (Å²) >= 11 is 5.55. The lowest BCUT2D eigenvalue weighted by atomic mass is 10.3. The minimum absolute atomic E-state index is 0.267. The highest BCUT2D eigenvalue weighted by Crippen LogP contribution is 2.15. The number of halogens is 1. The fourth-order valence-corrected chi connectivity index (χ4v) is 1.24. The third-order valence-corrected chi connectivity index (χ3v) is 2.01. The molecule has 0 atom stereocenters. The summed E-state index contributed by atoms with van der Waals surface area (Å²) in [6.07, 6.45) is 0. The SMILES string of the molecule is CCN(c1nnc(CCl)o1)C(C)C. The zero-order valence-corrected chi connectivity index (χ0v) is 8.88. The summed E-state index contributed by atoms with van der Waals surface area (Å²) in [6, 6.07) is 0.904. The molecule has 0 spiro atoms. The fourth-order valence-electron chi connectivity index (χ4n) is 1.14. The van der Waals surface area contributed by atoms with Crippen LogP contribution in [0, 0.1) is 0 Å². The minimum Gasteiger partial charge on any atom is -0.407 e. The van der Waals surface area contributed by atoms with Crippen molar-refractivity contribution < 1.29 is 4.42 Å². The molecular formula is C8H14ClN3O. The van der Waals surface area contributed by atoms with Gasteiger partial charge in [0.05, 0.1) is 0 Å². The van der Waals surface area contributed by atoms with Gasteiger partial charge in [0.1, 0.15) is 5.88 Å². The molecule has 0 unspecified atom stereocenters. The molecule has 74 valence electrons. The molecule has 13 heavy (non-hydrogen) atoms. The van der Waals surface area contributed by atoms with Gasteiger partial charge in [0, 0.05) is 12.6 Å². The van der Waals surface area contributed by atoms with Crippen molar-refractivity contribution in [3.05, 3.63) is 5.89 Å². The molecule has 0 aliphatic carbocycles. The molecule has 1 rings (SSSR count). The van der Waals surface area contributed by atoms with Gasteiger partial charge in [-0.25, -0.2) is 0 Å². The van der Waals surface area contributed by atoms with Crippen LogP contribution in [0.5, 0.6) is 0 Å². The molecule has 0 bridgehead atoms. The van der Waals surface area contributed by atoms with E-state index in [4.69, 9.17) is 16.0 Å². The topological polar surface area (TPSA) is 42.2 Å². The van der Waals surface area contributed by atoms with E-state index >= 15 is 0 Å². The van der Waals surface area contributed by atoms with E-state index in [2.05, 4.69) is 24.0 Å². The fraction of sp³-hybridized carbons (Fsp3) is 0.750. The van der Waals surface area contributed by atoms with Gasteiger partial charge in [0.15, 0.2) is 0 Å². The maximum absolute atomic E-state index is 5.55. The van der Waals surface area contributed by atoms with Crippen molar-refractivity contribution >= 4 is 17.6 Å². The molecule has 1 heterocycles. The summed E-state index contributed by atoms with van der Waals surface area (Å²) in [5.41, 5.74) is 0. The molecule has 0 aliphatic heterocycles. The van der Waals surface area contributed by atoms with Gasteiger partial charge in [-0.05, 0) is 20.8 Å². The second-order valence-corrected chi connectivity index (χ2v) is 3.26. The summed E-state index contributed by atoms with van der Waals surface area (Å²) in [5, 5.41) is 7.70. The Balaban J connectivity index is 2.79. The van der Waals surface area contributed by atoms with Crippen LogP contribution in [0.4, 0.5) is 6.01 Å². The van der Waals surface area contributed by atoms with Crippen LogP contribution in [-0.4, -0.2) is 22.8 Å². The molecule has 0 fully saturated rings. The normalized spacial score (nSPS) is 10.8. The van der Waals surface area contributed by atoms with Gasteiger partial charge in [0.25, 0.3) is 0 Å². The van der Waals surface area contributed by atoms with Crippen LogP contribution >= 0.6 is 11.6 Å². The van der Waals surface area contributed by atoms with Crippen molar-refractivity contribution in [2.45, 2.75) is 32.7 Å². The predicted octanol–water partition coefficient (Wildman–Crippen LogP) is 2.04. The summed E-state index contributed by atoms with van der Waals surface area (Å²) in [5.74, 6) is 0.735. The lowest BCUT2D eigenvalue weighted by Crippen LogP contribution is -2.30. The van der Waals surface area contributed by atoms with E-state index in [1.165, 1.54) is 0 Å². The van der Waals surface area contributed by atoms with Crippen LogP contribution in [-0.2, 0) is 5.88 Å². The lowest BCUT2D eigenvalue weighted by Gasteiger charge is -2.21. The highest BCUT2D eigenvalue weighted by atomic mass is 35.5. The lowest BCUT2D eigenvalue weighted by molar-refractivity contribution is 0.488. The maximum Gasteiger partial charge on any atom is 0.318 e. The average molecular weight is 204 g/mol. The smallest absolute Gasteiger partial charge is 0.318 e. The molecule has 0 radical (unpaired) electrons. The van der Waals surface area contributed by atoms with E-state index in [0.29, 0.717) is 17.9 Å². The van der Waals surface area contributed by atoms with Gasteiger partial charge in [-0.15, -0.1) is 16.7 Å². The summed E-state index contributed by atoms with van der Waals surface area (Å²) in [7, 11) is 0. The number of hydrogen-bond acceptors (Lipinski definition) is 4. The first kappa shape index (κ1) is 10.3. The quantitative estimate of drug-likeness (QED) is 0.703. The molecule has 1 aromatic rings. The number of hydrogen-bond donors (Lipinski definition) is 0. The second-order valence-electron chi connectivity index (χ2n) is 2.99. The molecule has 5 heteroatoms. The number of aromatic nitrogens is 2. The first-order valence-corrected chi connectivity index (χ1v) is 4.87. The van der Waals surface area contributed by atoms with Crippen LogP contribution in [0.1, 0.15) is 26.7 Å². The Hall–Kier alpha value is -0.770. The first-order valence-electron chi connectivity index (χ1n) is 4.34. The molecule has 1 aromatic heterocycles. The van der Waals surface area contributed by atoms with E-state index in [-0.39, 0.29) is 5.88 Å². The third-order valence-electron chi connectivity index (χ3n) is 1.78. The highest BCUT2D eigenvalue weighted by molar-refractivity contribution is 6.16. The molecular weight excluding hydrogens is 190 g/mol. The molecule has 0 saturated carbocycles. The number of alkyl halides is 1.